The fourth-order valence-corrected chi connectivity index (χ4v) is 2.20. The number of urea groups is 1. The maximum Gasteiger partial charge on any atom is 0.319 e. The van der Waals surface area contributed by atoms with Gasteiger partial charge in [0.15, 0.2) is 5.58 Å². The van der Waals surface area contributed by atoms with Gasteiger partial charge in [0.1, 0.15) is 5.69 Å². The number of fused-ring (bicyclic) bond motifs is 1. The van der Waals surface area contributed by atoms with Gasteiger partial charge in [-0.25, -0.2) is 4.79 Å². The summed E-state index contributed by atoms with van der Waals surface area (Å²) in [4.78, 5) is 23.3. The van der Waals surface area contributed by atoms with Crippen molar-refractivity contribution in [1.29, 1.82) is 0 Å². The molecular formula is C16H14N4O3. The second-order valence-electron chi connectivity index (χ2n) is 4.84. The SMILES string of the molecule is NC(=O)c1ccccc1NC(=O)NCc1noc2ccccc12. The largest absolute Gasteiger partial charge is 0.366 e. The number of amides is 3. The van der Waals surface area contributed by atoms with Crippen LogP contribution in [0.25, 0.3) is 11.0 Å². The number of primary amides is 1. The molecule has 7 nitrogen and oxygen atoms in total. The number of benzene rings is 2. The molecule has 3 rings (SSSR count). The lowest BCUT2D eigenvalue weighted by molar-refractivity contribution is 0.100. The van der Waals surface area contributed by atoms with Gasteiger partial charge in [-0.1, -0.05) is 29.4 Å². The van der Waals surface area contributed by atoms with Crippen molar-refractivity contribution in [2.75, 3.05) is 5.32 Å². The van der Waals surface area contributed by atoms with Crippen LogP contribution in [-0.2, 0) is 6.54 Å². The van der Waals surface area contributed by atoms with E-state index in [4.69, 9.17) is 10.3 Å². The van der Waals surface area contributed by atoms with E-state index >= 15 is 0 Å². The number of nitrogens with zero attached hydrogens (tertiary/aromatic N) is 1. The number of nitrogens with two attached hydrogens (primary N) is 1. The summed E-state index contributed by atoms with van der Waals surface area (Å²) < 4.78 is 5.17. The Bertz CT molecular complexity index is 872. The number of carbonyl (C=O) groups excluding carboxylic acids is 2. The summed E-state index contributed by atoms with van der Waals surface area (Å²) in [5.74, 6) is -0.608. The van der Waals surface area contributed by atoms with Crippen molar-refractivity contribution < 1.29 is 14.1 Å². The lowest BCUT2D eigenvalue weighted by Gasteiger charge is -2.09. The second-order valence-corrected chi connectivity index (χ2v) is 4.84. The van der Waals surface area contributed by atoms with Gasteiger partial charge in [0.25, 0.3) is 5.91 Å². The number of carbonyl (C=O) groups is 2. The van der Waals surface area contributed by atoms with E-state index in [1.54, 1.807) is 30.3 Å². The third-order valence-corrected chi connectivity index (χ3v) is 3.31. The number of nitrogens with one attached hydrogen (secondary N) is 2. The number of aromatic nitrogens is 1. The Balaban J connectivity index is 1.68. The first-order chi connectivity index (χ1) is 11.1. The Morgan fingerprint density at radius 2 is 1.83 bits per heavy atom. The lowest BCUT2D eigenvalue weighted by Crippen LogP contribution is -2.29. The van der Waals surface area contributed by atoms with Crippen LogP contribution < -0.4 is 16.4 Å². The summed E-state index contributed by atoms with van der Waals surface area (Å²) in [6.07, 6.45) is 0. The van der Waals surface area contributed by atoms with Gasteiger partial charge in [0, 0.05) is 5.39 Å². The van der Waals surface area contributed by atoms with Crippen LogP contribution in [0.1, 0.15) is 16.1 Å². The summed E-state index contributed by atoms with van der Waals surface area (Å²) in [6.45, 7) is 0.196. The van der Waals surface area contributed by atoms with Gasteiger partial charge in [0.05, 0.1) is 17.8 Å². The smallest absolute Gasteiger partial charge is 0.319 e. The summed E-state index contributed by atoms with van der Waals surface area (Å²) in [7, 11) is 0. The predicted octanol–water partition coefficient (Wildman–Crippen LogP) is 2.25. The molecule has 3 amide bonds. The first-order valence-electron chi connectivity index (χ1n) is 6.92. The average Bonchev–Trinajstić information content (AvgIpc) is 2.96. The van der Waals surface area contributed by atoms with E-state index in [0.29, 0.717) is 17.0 Å². The number of rotatable bonds is 4. The highest BCUT2D eigenvalue weighted by atomic mass is 16.5. The molecule has 116 valence electrons. The maximum atomic E-state index is 12.0. The molecule has 0 atom stereocenters. The topological polar surface area (TPSA) is 110 Å². The van der Waals surface area contributed by atoms with Gasteiger partial charge >= 0.3 is 6.03 Å². The van der Waals surface area contributed by atoms with E-state index in [1.165, 1.54) is 0 Å². The highest BCUT2D eigenvalue weighted by molar-refractivity contribution is 6.02. The van der Waals surface area contributed by atoms with Crippen molar-refractivity contribution in [3.05, 3.63) is 59.8 Å². The molecule has 0 radical (unpaired) electrons. The Hall–Kier alpha value is -3.35. The zero-order valence-corrected chi connectivity index (χ0v) is 12.1. The van der Waals surface area contributed by atoms with Crippen molar-refractivity contribution >= 4 is 28.6 Å². The van der Waals surface area contributed by atoms with Gasteiger partial charge in [-0.3, -0.25) is 4.79 Å². The molecule has 0 aliphatic rings. The lowest BCUT2D eigenvalue weighted by atomic mass is 10.1. The van der Waals surface area contributed by atoms with Crippen molar-refractivity contribution in [1.82, 2.24) is 10.5 Å². The number of anilines is 1. The molecule has 0 saturated carbocycles. The fourth-order valence-electron chi connectivity index (χ4n) is 2.20. The summed E-state index contributed by atoms with van der Waals surface area (Å²) in [6, 6.07) is 13.4. The zero-order valence-electron chi connectivity index (χ0n) is 12.1. The van der Waals surface area contributed by atoms with Gasteiger partial charge in [-0.2, -0.15) is 0 Å². The molecule has 7 heteroatoms. The molecule has 3 aromatic rings. The molecule has 0 fully saturated rings. The number of hydrogen-bond donors (Lipinski definition) is 3. The van der Waals surface area contributed by atoms with E-state index in [0.717, 1.165) is 5.39 Å². The van der Waals surface area contributed by atoms with E-state index in [-0.39, 0.29) is 12.1 Å². The highest BCUT2D eigenvalue weighted by Gasteiger charge is 2.12. The molecule has 0 saturated heterocycles. The highest BCUT2D eigenvalue weighted by Crippen LogP contribution is 2.18. The summed E-state index contributed by atoms with van der Waals surface area (Å²) >= 11 is 0. The first-order valence-corrected chi connectivity index (χ1v) is 6.92. The monoisotopic (exact) mass is 310 g/mol. The predicted molar refractivity (Wildman–Crippen MR) is 84.8 cm³/mol. The minimum absolute atomic E-state index is 0.196. The van der Waals surface area contributed by atoms with Crippen LogP contribution in [0.5, 0.6) is 0 Å². The van der Waals surface area contributed by atoms with Crippen molar-refractivity contribution in [3.8, 4) is 0 Å². The van der Waals surface area contributed by atoms with Crippen molar-refractivity contribution in [2.45, 2.75) is 6.54 Å². The molecule has 1 heterocycles. The van der Waals surface area contributed by atoms with E-state index in [2.05, 4.69) is 15.8 Å². The van der Waals surface area contributed by atoms with Crippen LogP contribution in [0.3, 0.4) is 0 Å². The molecule has 0 bridgehead atoms. The Morgan fingerprint density at radius 3 is 2.65 bits per heavy atom. The van der Waals surface area contributed by atoms with Crippen LogP contribution in [0.4, 0.5) is 10.5 Å². The Kier molecular flexibility index (Phi) is 3.92. The third-order valence-electron chi connectivity index (χ3n) is 3.31. The minimum Gasteiger partial charge on any atom is -0.366 e. The van der Waals surface area contributed by atoms with E-state index in [1.807, 2.05) is 18.2 Å². The molecule has 0 aliphatic heterocycles. The van der Waals surface area contributed by atoms with Crippen LogP contribution in [0.2, 0.25) is 0 Å². The van der Waals surface area contributed by atoms with Crippen molar-refractivity contribution in [2.24, 2.45) is 5.73 Å². The normalized spacial score (nSPS) is 10.4. The summed E-state index contributed by atoms with van der Waals surface area (Å²) in [5, 5.41) is 10.0. The Morgan fingerprint density at radius 1 is 1.09 bits per heavy atom. The third kappa shape index (κ3) is 3.13. The number of hydrogen-bond acceptors (Lipinski definition) is 4. The van der Waals surface area contributed by atoms with Crippen LogP contribution in [-0.4, -0.2) is 17.1 Å². The molecule has 2 aromatic carbocycles. The van der Waals surface area contributed by atoms with Crippen LogP contribution in [0.15, 0.2) is 53.1 Å². The zero-order chi connectivity index (χ0) is 16.2. The minimum atomic E-state index is -0.608. The Labute approximate surface area is 131 Å². The molecule has 23 heavy (non-hydrogen) atoms. The molecule has 0 unspecified atom stereocenters. The molecule has 1 aromatic heterocycles. The van der Waals surface area contributed by atoms with Gasteiger partial charge in [-0.05, 0) is 24.3 Å². The summed E-state index contributed by atoms with van der Waals surface area (Å²) in [5.41, 5.74) is 7.15. The van der Waals surface area contributed by atoms with Gasteiger partial charge in [0.2, 0.25) is 0 Å². The van der Waals surface area contributed by atoms with E-state index in [9.17, 15) is 9.59 Å². The molecule has 0 spiro atoms. The maximum absolute atomic E-state index is 12.0. The number of para-hydroxylation sites is 2. The first kappa shape index (κ1) is 14.6. The molecule has 4 N–H and O–H groups in total. The average molecular weight is 310 g/mol. The molecular weight excluding hydrogens is 296 g/mol. The van der Waals surface area contributed by atoms with Crippen LogP contribution in [0, 0.1) is 0 Å². The fraction of sp³-hybridized carbons (Fsp3) is 0.0625. The second kappa shape index (κ2) is 6.18. The quantitative estimate of drug-likeness (QED) is 0.686. The van der Waals surface area contributed by atoms with Gasteiger partial charge in [-0.15, -0.1) is 0 Å². The van der Waals surface area contributed by atoms with Crippen LogP contribution >= 0.6 is 0 Å². The van der Waals surface area contributed by atoms with Crippen molar-refractivity contribution in [3.63, 3.8) is 0 Å². The van der Waals surface area contributed by atoms with Gasteiger partial charge < -0.3 is 20.9 Å². The standard InChI is InChI=1S/C16H14N4O3/c17-15(21)11-6-1-3-7-12(11)19-16(22)18-9-13-10-5-2-4-8-14(10)23-20-13/h1-8H,9H2,(H2,17,21)(H2,18,19,22). The molecule has 0 aliphatic carbocycles. The van der Waals surface area contributed by atoms with E-state index < -0.39 is 11.9 Å².